The Labute approximate surface area is 222 Å². The summed E-state index contributed by atoms with van der Waals surface area (Å²) in [6.07, 6.45) is 0. The number of fused-ring (bicyclic) bond motifs is 3. The van der Waals surface area contributed by atoms with Crippen molar-refractivity contribution in [3.63, 3.8) is 0 Å². The van der Waals surface area contributed by atoms with Crippen molar-refractivity contribution >= 4 is 27.5 Å². The molecule has 7 rings (SSSR count). The average Bonchev–Trinajstić information content (AvgIpc) is 3.32. The number of nitrogen functional groups attached to an aromatic ring is 1. The van der Waals surface area contributed by atoms with Crippen molar-refractivity contribution in [1.82, 2.24) is 4.57 Å². The van der Waals surface area contributed by atoms with Gasteiger partial charge in [-0.2, -0.15) is 0 Å². The van der Waals surface area contributed by atoms with Gasteiger partial charge in [0.05, 0.1) is 11.0 Å². The summed E-state index contributed by atoms with van der Waals surface area (Å²) in [6.45, 7) is 0. The minimum absolute atomic E-state index is 0.787. The third kappa shape index (κ3) is 3.66. The second kappa shape index (κ2) is 9.10. The lowest BCUT2D eigenvalue weighted by molar-refractivity contribution is 1.18. The van der Waals surface area contributed by atoms with Gasteiger partial charge in [-0.3, -0.25) is 0 Å². The zero-order valence-electron chi connectivity index (χ0n) is 20.9. The molecule has 1 aromatic heterocycles. The van der Waals surface area contributed by atoms with Gasteiger partial charge in [0.1, 0.15) is 0 Å². The van der Waals surface area contributed by atoms with Crippen LogP contribution in [0.2, 0.25) is 0 Å². The predicted molar refractivity (Wildman–Crippen MR) is 162 cm³/mol. The lowest BCUT2D eigenvalue weighted by Crippen LogP contribution is -1.94. The molecular formula is C36H26N2. The molecule has 0 atom stereocenters. The van der Waals surface area contributed by atoms with Crippen LogP contribution in [0, 0.1) is 0 Å². The summed E-state index contributed by atoms with van der Waals surface area (Å²) in [5, 5.41) is 2.55. The van der Waals surface area contributed by atoms with Crippen molar-refractivity contribution in [3.05, 3.63) is 146 Å². The van der Waals surface area contributed by atoms with Gasteiger partial charge >= 0.3 is 0 Å². The van der Waals surface area contributed by atoms with Crippen LogP contribution in [0.1, 0.15) is 0 Å². The van der Waals surface area contributed by atoms with Gasteiger partial charge in [0.2, 0.25) is 0 Å². The molecule has 180 valence electrons. The fourth-order valence-corrected chi connectivity index (χ4v) is 5.58. The Morgan fingerprint density at radius 3 is 1.55 bits per heavy atom. The second-order valence-electron chi connectivity index (χ2n) is 9.63. The van der Waals surface area contributed by atoms with E-state index in [4.69, 9.17) is 5.73 Å². The van der Waals surface area contributed by atoms with E-state index in [9.17, 15) is 0 Å². The van der Waals surface area contributed by atoms with Gasteiger partial charge < -0.3 is 10.3 Å². The largest absolute Gasteiger partial charge is 0.398 e. The van der Waals surface area contributed by atoms with Crippen LogP contribution in [0.5, 0.6) is 0 Å². The van der Waals surface area contributed by atoms with Gasteiger partial charge in [0.25, 0.3) is 0 Å². The standard InChI is InChI=1S/C36H26N2/c37-33-14-8-13-30(27-9-2-1-3-10-27)36(33)28-19-17-25(18-20-28)26-21-23-29(24-22-26)38-34-15-6-4-11-31(34)32-12-5-7-16-35(32)38/h1-24H,37H2. The van der Waals surface area contributed by atoms with Crippen LogP contribution in [-0.4, -0.2) is 4.57 Å². The molecule has 2 nitrogen and oxygen atoms in total. The molecule has 0 fully saturated rings. The van der Waals surface area contributed by atoms with Crippen LogP contribution in [0.15, 0.2) is 146 Å². The molecule has 0 bridgehead atoms. The van der Waals surface area contributed by atoms with Crippen molar-refractivity contribution in [3.8, 4) is 39.1 Å². The van der Waals surface area contributed by atoms with E-state index in [1.807, 2.05) is 18.2 Å². The first-order valence-electron chi connectivity index (χ1n) is 12.9. The van der Waals surface area contributed by atoms with Gasteiger partial charge in [0.15, 0.2) is 0 Å². The molecule has 0 aliphatic carbocycles. The van der Waals surface area contributed by atoms with E-state index in [1.165, 1.54) is 38.5 Å². The van der Waals surface area contributed by atoms with E-state index in [0.29, 0.717) is 0 Å². The maximum Gasteiger partial charge on any atom is 0.0541 e. The molecule has 0 saturated carbocycles. The predicted octanol–water partition coefficient (Wildman–Crippen LogP) is 9.37. The number of hydrogen-bond donors (Lipinski definition) is 1. The molecule has 0 aliphatic heterocycles. The van der Waals surface area contributed by atoms with Gasteiger partial charge in [-0.1, -0.05) is 115 Å². The van der Waals surface area contributed by atoms with Crippen molar-refractivity contribution in [1.29, 1.82) is 0 Å². The van der Waals surface area contributed by atoms with Crippen LogP contribution in [0.3, 0.4) is 0 Å². The lowest BCUT2D eigenvalue weighted by atomic mass is 9.92. The first kappa shape index (κ1) is 22.1. The Hall–Kier alpha value is -5.08. The highest BCUT2D eigenvalue weighted by Gasteiger charge is 2.13. The monoisotopic (exact) mass is 486 g/mol. The first-order chi connectivity index (χ1) is 18.8. The van der Waals surface area contributed by atoms with E-state index in [0.717, 1.165) is 28.1 Å². The molecule has 0 amide bonds. The quantitative estimate of drug-likeness (QED) is 0.247. The third-order valence-corrected chi connectivity index (χ3v) is 7.39. The molecule has 0 spiro atoms. The molecule has 0 radical (unpaired) electrons. The molecule has 2 N–H and O–H groups in total. The molecule has 6 aromatic carbocycles. The fourth-order valence-electron chi connectivity index (χ4n) is 5.58. The van der Waals surface area contributed by atoms with Crippen LogP contribution >= 0.6 is 0 Å². The van der Waals surface area contributed by atoms with Gasteiger partial charge in [0, 0.05) is 27.7 Å². The first-order valence-corrected chi connectivity index (χ1v) is 12.9. The third-order valence-electron chi connectivity index (χ3n) is 7.39. The van der Waals surface area contributed by atoms with E-state index in [2.05, 4.69) is 132 Å². The van der Waals surface area contributed by atoms with Crippen LogP contribution in [-0.2, 0) is 0 Å². The number of anilines is 1. The van der Waals surface area contributed by atoms with Gasteiger partial charge in [-0.15, -0.1) is 0 Å². The Bertz CT molecular complexity index is 1840. The summed E-state index contributed by atoms with van der Waals surface area (Å²) in [6, 6.07) is 51.4. The Morgan fingerprint density at radius 2 is 0.921 bits per heavy atom. The van der Waals surface area contributed by atoms with E-state index in [-0.39, 0.29) is 0 Å². The number of benzene rings is 6. The van der Waals surface area contributed by atoms with Gasteiger partial charge in [-0.05, 0) is 58.1 Å². The summed E-state index contributed by atoms with van der Waals surface area (Å²) in [5.74, 6) is 0. The number of nitrogens with zero attached hydrogens (tertiary/aromatic N) is 1. The summed E-state index contributed by atoms with van der Waals surface area (Å²) >= 11 is 0. The van der Waals surface area contributed by atoms with Crippen LogP contribution in [0.4, 0.5) is 5.69 Å². The van der Waals surface area contributed by atoms with E-state index < -0.39 is 0 Å². The zero-order valence-corrected chi connectivity index (χ0v) is 20.9. The van der Waals surface area contributed by atoms with E-state index in [1.54, 1.807) is 0 Å². The number of rotatable bonds is 4. The second-order valence-corrected chi connectivity index (χ2v) is 9.63. The molecular weight excluding hydrogens is 460 g/mol. The average molecular weight is 487 g/mol. The number of para-hydroxylation sites is 2. The SMILES string of the molecule is Nc1cccc(-c2ccccc2)c1-c1ccc(-c2ccc(-n3c4ccccc4c4ccccc43)cc2)cc1. The summed E-state index contributed by atoms with van der Waals surface area (Å²) < 4.78 is 2.35. The molecule has 0 unspecified atom stereocenters. The molecule has 0 aliphatic rings. The highest BCUT2D eigenvalue weighted by molar-refractivity contribution is 6.09. The van der Waals surface area contributed by atoms with Crippen molar-refractivity contribution in [2.45, 2.75) is 0 Å². The molecule has 1 heterocycles. The highest BCUT2D eigenvalue weighted by atomic mass is 15.0. The number of nitrogens with two attached hydrogens (primary N) is 1. The van der Waals surface area contributed by atoms with E-state index >= 15 is 0 Å². The number of aromatic nitrogens is 1. The minimum atomic E-state index is 0.787. The maximum atomic E-state index is 6.48. The maximum absolute atomic E-state index is 6.48. The molecule has 0 saturated heterocycles. The lowest BCUT2D eigenvalue weighted by Gasteiger charge is -2.14. The number of hydrogen-bond acceptors (Lipinski definition) is 1. The van der Waals surface area contributed by atoms with Crippen LogP contribution in [0.25, 0.3) is 60.9 Å². The Balaban J connectivity index is 1.25. The Morgan fingerprint density at radius 1 is 0.395 bits per heavy atom. The molecule has 7 aromatic rings. The smallest absolute Gasteiger partial charge is 0.0541 e. The zero-order chi connectivity index (χ0) is 25.5. The van der Waals surface area contributed by atoms with Crippen molar-refractivity contribution < 1.29 is 0 Å². The molecule has 2 heteroatoms. The molecule has 38 heavy (non-hydrogen) atoms. The highest BCUT2D eigenvalue weighted by Crippen LogP contribution is 2.38. The van der Waals surface area contributed by atoms with Crippen molar-refractivity contribution in [2.24, 2.45) is 0 Å². The minimum Gasteiger partial charge on any atom is -0.398 e. The summed E-state index contributed by atoms with van der Waals surface area (Å²) in [4.78, 5) is 0. The summed E-state index contributed by atoms with van der Waals surface area (Å²) in [5.41, 5.74) is 17.7. The topological polar surface area (TPSA) is 30.9 Å². The van der Waals surface area contributed by atoms with Crippen molar-refractivity contribution in [2.75, 3.05) is 5.73 Å². The van der Waals surface area contributed by atoms with Gasteiger partial charge in [-0.25, -0.2) is 0 Å². The summed E-state index contributed by atoms with van der Waals surface area (Å²) in [7, 11) is 0. The Kier molecular flexibility index (Phi) is 5.30. The fraction of sp³-hybridized carbons (Fsp3) is 0. The van der Waals surface area contributed by atoms with Crippen LogP contribution < -0.4 is 5.73 Å². The normalized spacial score (nSPS) is 11.3.